The van der Waals surface area contributed by atoms with Crippen molar-refractivity contribution in [2.24, 2.45) is 5.92 Å². The van der Waals surface area contributed by atoms with E-state index in [1.807, 2.05) is 16.8 Å². The number of nitrogen functional groups attached to an aromatic ring is 1. The van der Waals surface area contributed by atoms with Crippen molar-refractivity contribution in [1.82, 2.24) is 14.5 Å². The molecule has 0 spiro atoms. The number of anilines is 1. The molecule has 0 saturated carbocycles. The van der Waals surface area contributed by atoms with Crippen LogP contribution in [-0.2, 0) is 4.74 Å². The standard InChI is InChI=1S/C12H16N4O.C3H8O2/c1-7-5-10(17-8(7)2)16-4-3-9-11(13)14-6-15-12(9)16;1-3(2,4)5/h3-4,6-8,10H,5H2,1-2H3,(H2,13,14,15);4-5H,1-2H3. The highest BCUT2D eigenvalue weighted by Gasteiger charge is 2.30. The first kappa shape index (κ1) is 16.7. The number of hydrogen-bond acceptors (Lipinski definition) is 6. The molecule has 7 nitrogen and oxygen atoms in total. The zero-order chi connectivity index (χ0) is 16.5. The second-order valence-corrected chi connectivity index (χ2v) is 6.22. The van der Waals surface area contributed by atoms with Gasteiger partial charge in [-0.2, -0.15) is 0 Å². The highest BCUT2D eigenvalue weighted by atomic mass is 16.5. The minimum absolute atomic E-state index is 0.0619. The van der Waals surface area contributed by atoms with Crippen LogP contribution in [0, 0.1) is 5.92 Å². The Morgan fingerprint density at radius 3 is 2.50 bits per heavy atom. The van der Waals surface area contributed by atoms with Gasteiger partial charge in [0.2, 0.25) is 0 Å². The van der Waals surface area contributed by atoms with Crippen LogP contribution in [0.3, 0.4) is 0 Å². The van der Waals surface area contributed by atoms with Crippen molar-refractivity contribution < 1.29 is 14.9 Å². The van der Waals surface area contributed by atoms with Gasteiger partial charge in [-0.1, -0.05) is 6.92 Å². The smallest absolute Gasteiger partial charge is 0.156 e. The lowest BCUT2D eigenvalue weighted by atomic mass is 10.1. The highest BCUT2D eigenvalue weighted by molar-refractivity contribution is 5.86. The Hall–Kier alpha value is -1.70. The number of fused-ring (bicyclic) bond motifs is 1. The van der Waals surface area contributed by atoms with Gasteiger partial charge in [0.25, 0.3) is 0 Å². The largest absolute Gasteiger partial charge is 0.383 e. The zero-order valence-electron chi connectivity index (χ0n) is 13.4. The number of aromatic nitrogens is 3. The summed E-state index contributed by atoms with van der Waals surface area (Å²) in [4.78, 5) is 8.28. The second kappa shape index (κ2) is 6.20. The number of ether oxygens (including phenoxy) is 1. The third-order valence-corrected chi connectivity index (χ3v) is 3.60. The summed E-state index contributed by atoms with van der Waals surface area (Å²) in [6.07, 6.45) is 4.83. The van der Waals surface area contributed by atoms with Crippen molar-refractivity contribution >= 4 is 16.9 Å². The molecule has 122 valence electrons. The summed E-state index contributed by atoms with van der Waals surface area (Å²) in [5.74, 6) is -0.413. The zero-order valence-corrected chi connectivity index (χ0v) is 13.4. The Morgan fingerprint density at radius 1 is 1.32 bits per heavy atom. The van der Waals surface area contributed by atoms with Crippen molar-refractivity contribution in [3.8, 4) is 0 Å². The topological polar surface area (TPSA) is 106 Å². The van der Waals surface area contributed by atoms with Gasteiger partial charge in [-0.25, -0.2) is 9.97 Å². The van der Waals surface area contributed by atoms with Gasteiger partial charge in [-0.05, 0) is 39.2 Å². The van der Waals surface area contributed by atoms with E-state index >= 15 is 0 Å². The first-order chi connectivity index (χ1) is 10.2. The summed E-state index contributed by atoms with van der Waals surface area (Å²) in [7, 11) is 0. The van der Waals surface area contributed by atoms with Crippen LogP contribution in [0.2, 0.25) is 0 Å². The molecule has 1 fully saturated rings. The fraction of sp³-hybridized carbons (Fsp3) is 0.600. The Balaban J connectivity index is 0.000000309. The van der Waals surface area contributed by atoms with Gasteiger partial charge < -0.3 is 25.3 Å². The Kier molecular flexibility index (Phi) is 4.69. The molecule has 1 aliphatic rings. The molecule has 3 atom stereocenters. The third kappa shape index (κ3) is 3.94. The molecule has 22 heavy (non-hydrogen) atoms. The lowest BCUT2D eigenvalue weighted by Gasteiger charge is -2.13. The van der Waals surface area contributed by atoms with Crippen LogP contribution in [0.1, 0.15) is 40.3 Å². The quantitative estimate of drug-likeness (QED) is 0.692. The van der Waals surface area contributed by atoms with E-state index in [0.717, 1.165) is 17.5 Å². The minimum atomic E-state index is -1.50. The molecule has 0 amide bonds. The van der Waals surface area contributed by atoms with Crippen LogP contribution in [0.5, 0.6) is 0 Å². The molecule has 4 N–H and O–H groups in total. The normalized spacial score (nSPS) is 25.1. The molecule has 2 aromatic heterocycles. The van der Waals surface area contributed by atoms with E-state index < -0.39 is 5.79 Å². The average molecular weight is 308 g/mol. The molecule has 3 heterocycles. The number of nitrogens with zero attached hydrogens (tertiary/aromatic N) is 3. The molecule has 0 aromatic carbocycles. The molecular weight excluding hydrogens is 284 g/mol. The van der Waals surface area contributed by atoms with Gasteiger partial charge in [0, 0.05) is 6.20 Å². The Bertz CT molecular complexity index is 619. The third-order valence-electron chi connectivity index (χ3n) is 3.60. The molecule has 1 saturated heterocycles. The summed E-state index contributed by atoms with van der Waals surface area (Å²) >= 11 is 0. The number of hydrogen-bond donors (Lipinski definition) is 3. The van der Waals surface area contributed by atoms with Crippen molar-refractivity contribution in [2.45, 2.75) is 52.2 Å². The van der Waals surface area contributed by atoms with Crippen LogP contribution in [-0.4, -0.2) is 36.6 Å². The van der Waals surface area contributed by atoms with Gasteiger partial charge in [-0.15, -0.1) is 0 Å². The SMILES string of the molecule is CC(C)(O)O.CC1CC(n2ccc3c(N)ncnc32)OC1C. The van der Waals surface area contributed by atoms with Gasteiger partial charge >= 0.3 is 0 Å². The summed E-state index contributed by atoms with van der Waals surface area (Å²) in [6.45, 7) is 6.92. The molecule has 0 bridgehead atoms. The van der Waals surface area contributed by atoms with Crippen molar-refractivity contribution in [2.75, 3.05) is 5.73 Å². The highest BCUT2D eigenvalue weighted by Crippen LogP contribution is 2.35. The fourth-order valence-corrected chi connectivity index (χ4v) is 2.35. The van der Waals surface area contributed by atoms with E-state index in [1.165, 1.54) is 20.2 Å². The summed E-state index contributed by atoms with van der Waals surface area (Å²) in [6, 6.07) is 1.95. The minimum Gasteiger partial charge on any atom is -0.383 e. The molecular formula is C15H24N4O3. The second-order valence-electron chi connectivity index (χ2n) is 6.22. The van der Waals surface area contributed by atoms with Gasteiger partial charge in [-0.3, -0.25) is 0 Å². The van der Waals surface area contributed by atoms with E-state index in [9.17, 15) is 0 Å². The maximum Gasteiger partial charge on any atom is 0.156 e. The van der Waals surface area contributed by atoms with Crippen LogP contribution >= 0.6 is 0 Å². The van der Waals surface area contributed by atoms with Gasteiger partial charge in [0.1, 0.15) is 24.0 Å². The van der Waals surface area contributed by atoms with E-state index in [4.69, 9.17) is 20.7 Å². The van der Waals surface area contributed by atoms with Gasteiger partial charge in [0.05, 0.1) is 11.5 Å². The van der Waals surface area contributed by atoms with E-state index in [2.05, 4.69) is 23.8 Å². The van der Waals surface area contributed by atoms with E-state index in [0.29, 0.717) is 11.7 Å². The maximum absolute atomic E-state index is 8.08. The summed E-state index contributed by atoms with van der Waals surface area (Å²) in [5.41, 5.74) is 6.67. The van der Waals surface area contributed by atoms with Crippen molar-refractivity contribution in [1.29, 1.82) is 0 Å². The molecule has 1 aliphatic heterocycles. The van der Waals surface area contributed by atoms with Crippen LogP contribution in [0.4, 0.5) is 5.82 Å². The molecule has 3 unspecified atom stereocenters. The monoisotopic (exact) mass is 308 g/mol. The summed E-state index contributed by atoms with van der Waals surface area (Å²) in [5, 5.41) is 17.0. The lowest BCUT2D eigenvalue weighted by Crippen LogP contribution is -2.15. The Labute approximate surface area is 129 Å². The van der Waals surface area contributed by atoms with Crippen LogP contribution in [0.15, 0.2) is 18.6 Å². The Morgan fingerprint density at radius 2 is 1.95 bits per heavy atom. The van der Waals surface area contributed by atoms with E-state index in [-0.39, 0.29) is 12.3 Å². The van der Waals surface area contributed by atoms with E-state index in [1.54, 1.807) is 0 Å². The molecule has 3 rings (SSSR count). The summed E-state index contributed by atoms with van der Waals surface area (Å²) < 4.78 is 7.98. The number of aliphatic hydroxyl groups is 2. The average Bonchev–Trinajstić information content (AvgIpc) is 2.93. The molecule has 0 radical (unpaired) electrons. The molecule has 2 aromatic rings. The van der Waals surface area contributed by atoms with Crippen molar-refractivity contribution in [3.05, 3.63) is 18.6 Å². The van der Waals surface area contributed by atoms with Gasteiger partial charge in [0.15, 0.2) is 5.79 Å². The predicted molar refractivity (Wildman–Crippen MR) is 83.8 cm³/mol. The van der Waals surface area contributed by atoms with Crippen molar-refractivity contribution in [3.63, 3.8) is 0 Å². The predicted octanol–water partition coefficient (Wildman–Crippen LogP) is 1.66. The first-order valence-corrected chi connectivity index (χ1v) is 7.34. The number of rotatable bonds is 1. The lowest BCUT2D eigenvalue weighted by molar-refractivity contribution is -0.127. The first-order valence-electron chi connectivity index (χ1n) is 7.34. The van der Waals surface area contributed by atoms with Crippen LogP contribution in [0.25, 0.3) is 11.0 Å². The molecule has 0 aliphatic carbocycles. The fourth-order valence-electron chi connectivity index (χ4n) is 2.35. The van der Waals surface area contributed by atoms with Crippen LogP contribution < -0.4 is 5.73 Å². The number of nitrogens with two attached hydrogens (primary N) is 1. The maximum atomic E-state index is 8.08. The molecule has 7 heteroatoms.